The van der Waals surface area contributed by atoms with Gasteiger partial charge in [-0.05, 0) is 19.1 Å². The van der Waals surface area contributed by atoms with Crippen molar-refractivity contribution in [1.29, 1.82) is 0 Å². The summed E-state index contributed by atoms with van der Waals surface area (Å²) in [6, 6.07) is 17.1. The summed E-state index contributed by atoms with van der Waals surface area (Å²) in [5, 5.41) is 2.65. The van der Waals surface area contributed by atoms with Gasteiger partial charge in [0.05, 0.1) is 16.0 Å². The smallest absolute Gasteiger partial charge is 0.0866 e. The standard InChI is InChI=1S/C14H12BrN/c1-10(15)16-13-8-4-2-6-11(13)12-7-3-5-9-14(12)16/h2-10H,1H3. The number of nitrogens with zero attached hydrogens (tertiary/aromatic N) is 1. The minimum atomic E-state index is 0.303. The summed E-state index contributed by atoms with van der Waals surface area (Å²) < 4.78 is 2.32. The number of hydrogen-bond acceptors (Lipinski definition) is 0. The third kappa shape index (κ3) is 1.30. The molecule has 0 saturated heterocycles. The fourth-order valence-corrected chi connectivity index (χ4v) is 2.78. The molecule has 3 aromatic rings. The molecule has 1 heterocycles. The summed E-state index contributed by atoms with van der Waals surface area (Å²) in [5.74, 6) is 0. The molecule has 0 bridgehead atoms. The van der Waals surface area contributed by atoms with Gasteiger partial charge in [-0.3, -0.25) is 0 Å². The van der Waals surface area contributed by atoms with E-state index in [1.807, 2.05) is 0 Å². The molecule has 1 unspecified atom stereocenters. The zero-order chi connectivity index (χ0) is 11.1. The molecule has 2 heteroatoms. The predicted octanol–water partition coefficient (Wildman–Crippen LogP) is 4.71. The number of rotatable bonds is 1. The maximum atomic E-state index is 3.67. The fourth-order valence-electron chi connectivity index (χ4n) is 2.34. The van der Waals surface area contributed by atoms with Gasteiger partial charge in [-0.15, -0.1) is 0 Å². The van der Waals surface area contributed by atoms with E-state index in [1.165, 1.54) is 21.8 Å². The van der Waals surface area contributed by atoms with Gasteiger partial charge < -0.3 is 4.57 Å². The van der Waals surface area contributed by atoms with Crippen molar-refractivity contribution in [2.45, 2.75) is 11.9 Å². The highest BCUT2D eigenvalue weighted by Crippen LogP contribution is 2.33. The Bertz CT molecular complexity index is 599. The van der Waals surface area contributed by atoms with Gasteiger partial charge in [0.15, 0.2) is 0 Å². The van der Waals surface area contributed by atoms with Crippen LogP contribution in [0, 0.1) is 0 Å². The number of hydrogen-bond donors (Lipinski definition) is 0. The molecule has 16 heavy (non-hydrogen) atoms. The first-order valence-corrected chi connectivity index (χ1v) is 6.32. The van der Waals surface area contributed by atoms with Crippen LogP contribution in [0.15, 0.2) is 48.5 Å². The van der Waals surface area contributed by atoms with Gasteiger partial charge in [-0.2, -0.15) is 0 Å². The van der Waals surface area contributed by atoms with Crippen molar-refractivity contribution in [3.8, 4) is 0 Å². The molecule has 0 aliphatic rings. The summed E-state index contributed by atoms with van der Waals surface area (Å²) in [6.07, 6.45) is 0. The van der Waals surface area contributed by atoms with Crippen LogP contribution < -0.4 is 0 Å². The first-order valence-electron chi connectivity index (χ1n) is 5.41. The monoisotopic (exact) mass is 273 g/mol. The van der Waals surface area contributed by atoms with E-state index in [2.05, 4.69) is 76.0 Å². The summed E-state index contributed by atoms with van der Waals surface area (Å²) in [6.45, 7) is 2.15. The first kappa shape index (κ1) is 9.91. The lowest BCUT2D eigenvalue weighted by molar-refractivity contribution is 0.816. The topological polar surface area (TPSA) is 4.93 Å². The van der Waals surface area contributed by atoms with Crippen LogP contribution >= 0.6 is 15.9 Å². The van der Waals surface area contributed by atoms with E-state index in [9.17, 15) is 0 Å². The van der Waals surface area contributed by atoms with Gasteiger partial charge in [0.2, 0.25) is 0 Å². The highest BCUT2D eigenvalue weighted by Gasteiger charge is 2.11. The van der Waals surface area contributed by atoms with Gasteiger partial charge in [-0.25, -0.2) is 0 Å². The van der Waals surface area contributed by atoms with Crippen LogP contribution in [0.4, 0.5) is 0 Å². The van der Waals surface area contributed by atoms with Crippen LogP contribution in [0.25, 0.3) is 21.8 Å². The number of para-hydroxylation sites is 2. The average Bonchev–Trinajstić information content (AvgIpc) is 2.63. The van der Waals surface area contributed by atoms with E-state index in [1.54, 1.807) is 0 Å². The third-order valence-electron chi connectivity index (χ3n) is 2.97. The molecule has 0 N–H and O–H groups in total. The molecular weight excluding hydrogens is 262 g/mol. The lowest BCUT2D eigenvalue weighted by Crippen LogP contribution is -1.96. The molecule has 0 radical (unpaired) electrons. The van der Waals surface area contributed by atoms with E-state index < -0.39 is 0 Å². The van der Waals surface area contributed by atoms with Crippen molar-refractivity contribution in [3.63, 3.8) is 0 Å². The van der Waals surface area contributed by atoms with E-state index in [4.69, 9.17) is 0 Å². The number of halogens is 1. The van der Waals surface area contributed by atoms with Crippen molar-refractivity contribution in [1.82, 2.24) is 4.57 Å². The second-order valence-corrected chi connectivity index (χ2v) is 5.30. The minimum absolute atomic E-state index is 0.303. The first-order chi connectivity index (χ1) is 7.79. The molecule has 0 aliphatic carbocycles. The zero-order valence-corrected chi connectivity index (χ0v) is 10.6. The third-order valence-corrected chi connectivity index (χ3v) is 3.38. The highest BCUT2D eigenvalue weighted by molar-refractivity contribution is 9.09. The summed E-state index contributed by atoms with van der Waals surface area (Å²) in [5.41, 5.74) is 2.57. The van der Waals surface area contributed by atoms with Gasteiger partial charge in [0.25, 0.3) is 0 Å². The zero-order valence-electron chi connectivity index (χ0n) is 9.02. The SMILES string of the molecule is CC(Br)n1c2ccccc2c2ccccc21. The van der Waals surface area contributed by atoms with Crippen molar-refractivity contribution < 1.29 is 0 Å². The van der Waals surface area contributed by atoms with Gasteiger partial charge in [0, 0.05) is 10.8 Å². The number of alkyl halides is 1. The Morgan fingerprint density at radius 1 is 0.875 bits per heavy atom. The Kier molecular flexibility index (Phi) is 2.25. The van der Waals surface area contributed by atoms with Crippen LogP contribution in [0.2, 0.25) is 0 Å². The molecule has 1 nitrogen and oxygen atoms in total. The van der Waals surface area contributed by atoms with Crippen molar-refractivity contribution in [2.24, 2.45) is 0 Å². The molecule has 0 saturated carbocycles. The molecule has 1 aromatic heterocycles. The summed E-state index contributed by atoms with van der Waals surface area (Å²) in [4.78, 5) is 0.303. The Morgan fingerprint density at radius 2 is 1.31 bits per heavy atom. The predicted molar refractivity (Wildman–Crippen MR) is 73.1 cm³/mol. The van der Waals surface area contributed by atoms with E-state index in [-0.39, 0.29) is 0 Å². The Morgan fingerprint density at radius 3 is 1.75 bits per heavy atom. The Hall–Kier alpha value is -1.28. The fraction of sp³-hybridized carbons (Fsp3) is 0.143. The van der Waals surface area contributed by atoms with E-state index >= 15 is 0 Å². The largest absolute Gasteiger partial charge is 0.327 e. The minimum Gasteiger partial charge on any atom is -0.327 e. The van der Waals surface area contributed by atoms with Crippen LogP contribution in [0.5, 0.6) is 0 Å². The van der Waals surface area contributed by atoms with Crippen LogP contribution in [0.1, 0.15) is 11.9 Å². The van der Waals surface area contributed by atoms with Crippen LogP contribution in [0.3, 0.4) is 0 Å². The molecule has 3 rings (SSSR count). The van der Waals surface area contributed by atoms with E-state index in [0.717, 1.165) is 0 Å². The lowest BCUT2D eigenvalue weighted by Gasteiger charge is -2.09. The molecule has 2 aromatic carbocycles. The van der Waals surface area contributed by atoms with Crippen molar-refractivity contribution >= 4 is 37.7 Å². The number of benzene rings is 2. The molecule has 0 amide bonds. The molecule has 0 aliphatic heterocycles. The van der Waals surface area contributed by atoms with Gasteiger partial charge >= 0.3 is 0 Å². The van der Waals surface area contributed by atoms with Crippen molar-refractivity contribution in [3.05, 3.63) is 48.5 Å². The molecule has 1 atom stereocenters. The number of aromatic nitrogens is 1. The van der Waals surface area contributed by atoms with Gasteiger partial charge in [-0.1, -0.05) is 52.3 Å². The highest BCUT2D eigenvalue weighted by atomic mass is 79.9. The summed E-state index contributed by atoms with van der Waals surface area (Å²) >= 11 is 3.67. The van der Waals surface area contributed by atoms with Crippen LogP contribution in [-0.4, -0.2) is 4.57 Å². The lowest BCUT2D eigenvalue weighted by atomic mass is 10.2. The Balaban J connectivity index is 2.59. The van der Waals surface area contributed by atoms with Gasteiger partial charge in [0.1, 0.15) is 0 Å². The molecule has 0 fully saturated rings. The average molecular weight is 274 g/mol. The normalized spacial score (nSPS) is 13.4. The maximum Gasteiger partial charge on any atom is 0.0866 e. The Labute approximate surface area is 103 Å². The van der Waals surface area contributed by atoms with Crippen molar-refractivity contribution in [2.75, 3.05) is 0 Å². The molecule has 80 valence electrons. The molecular formula is C14H12BrN. The maximum absolute atomic E-state index is 3.67. The second kappa shape index (κ2) is 3.63. The molecule has 0 spiro atoms. The van der Waals surface area contributed by atoms with E-state index in [0.29, 0.717) is 4.95 Å². The summed E-state index contributed by atoms with van der Waals surface area (Å²) in [7, 11) is 0. The number of fused-ring (bicyclic) bond motifs is 3. The quantitative estimate of drug-likeness (QED) is 0.566. The second-order valence-electron chi connectivity index (χ2n) is 3.98. The van der Waals surface area contributed by atoms with Crippen LogP contribution in [-0.2, 0) is 0 Å².